The van der Waals surface area contributed by atoms with Crippen LogP contribution in [0.1, 0.15) is 5.56 Å². The predicted molar refractivity (Wildman–Crippen MR) is 147 cm³/mol. The molecular weight excluding hydrogens is 485 g/mol. The Morgan fingerprint density at radius 1 is 0.576 bits per heavy atom. The molecule has 0 spiro atoms. The number of hydrogen-bond donors (Lipinski definition) is 0. The van der Waals surface area contributed by atoms with Crippen LogP contribution in [-0.2, 0) is 0 Å². The van der Waals surface area contributed by atoms with Crippen molar-refractivity contribution in [3.63, 3.8) is 0 Å². The molecule has 0 aliphatic rings. The highest BCUT2D eigenvalue weighted by molar-refractivity contribution is 9.10. The summed E-state index contributed by atoms with van der Waals surface area (Å²) in [6.45, 7) is 2.41. The fraction of sp³-hybridized carbons (Fsp3) is 0.0333. The summed E-state index contributed by atoms with van der Waals surface area (Å²) in [5.41, 5.74) is 0.700. The zero-order chi connectivity index (χ0) is 23.1. The van der Waals surface area contributed by atoms with E-state index in [0.717, 1.165) is 15.2 Å². The average Bonchev–Trinajstić information content (AvgIpc) is 2.89. The lowest BCUT2D eigenvalue weighted by atomic mass is 10.1. The smallest absolute Gasteiger partial charge is 0.109 e. The summed E-state index contributed by atoms with van der Waals surface area (Å²) in [6, 6.07) is 46.5. The summed E-state index contributed by atoms with van der Waals surface area (Å²) in [7, 11) is -1.53. The Labute approximate surface area is 204 Å². The molecule has 0 fully saturated rings. The first-order chi connectivity index (χ1) is 16.1. The van der Waals surface area contributed by atoms with Gasteiger partial charge in [0.15, 0.2) is 0 Å². The minimum absolute atomic E-state index is 0.700. The Morgan fingerprint density at radius 3 is 1.48 bits per heavy atom. The van der Waals surface area contributed by atoms with E-state index < -0.39 is 7.26 Å². The third-order valence-electron chi connectivity index (χ3n) is 5.75. The highest BCUT2D eigenvalue weighted by atomic mass is 79.9. The molecule has 0 radical (unpaired) electrons. The van der Waals surface area contributed by atoms with Crippen molar-refractivity contribution >= 4 is 49.9 Å². The van der Waals surface area contributed by atoms with Gasteiger partial charge >= 0.3 is 0 Å². The second-order valence-electron chi connectivity index (χ2n) is 7.83. The van der Waals surface area contributed by atoms with E-state index in [0.29, 0.717) is 5.56 Å². The Hall–Kier alpha value is -3.24. The molecule has 5 aromatic rings. The molecule has 0 amide bonds. The van der Waals surface area contributed by atoms with Gasteiger partial charge in [0.1, 0.15) is 23.2 Å². The monoisotopic (exact) mass is 508 g/mol. The molecule has 1 nitrogen and oxygen atoms in total. The minimum Gasteiger partial charge on any atom is -0.192 e. The van der Waals surface area contributed by atoms with Crippen molar-refractivity contribution in [3.05, 3.63) is 137 Å². The van der Waals surface area contributed by atoms with Crippen LogP contribution >= 0.6 is 23.2 Å². The number of fused-ring (bicyclic) bond motifs is 1. The van der Waals surface area contributed by atoms with Crippen molar-refractivity contribution in [1.82, 2.24) is 0 Å². The highest BCUT2D eigenvalue weighted by Gasteiger charge is 2.39. The van der Waals surface area contributed by atoms with E-state index in [-0.39, 0.29) is 0 Å². The van der Waals surface area contributed by atoms with E-state index in [9.17, 15) is 0 Å². The van der Waals surface area contributed by atoms with Gasteiger partial charge in [0, 0.05) is 4.47 Å². The Kier molecular flexibility index (Phi) is 7.36. The predicted octanol–water partition coefficient (Wildman–Crippen LogP) is 7.08. The first-order valence-corrected chi connectivity index (χ1v) is 13.8. The summed E-state index contributed by atoms with van der Waals surface area (Å²) >= 11 is 3.40. The lowest BCUT2D eigenvalue weighted by molar-refractivity contribution is 1.49. The van der Waals surface area contributed by atoms with Crippen molar-refractivity contribution in [1.29, 1.82) is 5.26 Å². The second-order valence-corrected chi connectivity index (χ2v) is 12.3. The zero-order valence-corrected chi connectivity index (χ0v) is 20.9. The third-order valence-corrected chi connectivity index (χ3v) is 10.2. The molecule has 0 N–H and O–H groups in total. The van der Waals surface area contributed by atoms with Crippen LogP contribution in [0, 0.1) is 11.3 Å². The Morgan fingerprint density at radius 2 is 1.03 bits per heavy atom. The summed E-state index contributed by atoms with van der Waals surface area (Å²) < 4.78 is 1.04. The summed E-state index contributed by atoms with van der Waals surface area (Å²) in [4.78, 5) is 0. The maximum absolute atomic E-state index is 8.70. The van der Waals surface area contributed by atoms with Crippen molar-refractivity contribution < 1.29 is 0 Å². The molecule has 0 saturated carbocycles. The molecule has 5 aromatic carbocycles. The standard InChI is InChI=1S/C19H18P.C11H6BrN/c1-20(17-11-5-2-6-12-17,18-13-7-3-8-14-18)19-15-9-4-10-16-19;12-11-4-3-9-2-1-8(7-13)5-10(9)6-11/h2-16H,1H3;1-6H/q+1;. The minimum atomic E-state index is -1.53. The molecule has 0 heterocycles. The van der Waals surface area contributed by atoms with Gasteiger partial charge < -0.3 is 0 Å². The maximum Gasteiger partial charge on any atom is 0.109 e. The van der Waals surface area contributed by atoms with Gasteiger partial charge in [-0.2, -0.15) is 5.26 Å². The molecule has 0 unspecified atom stereocenters. The molecule has 0 aliphatic heterocycles. The van der Waals surface area contributed by atoms with Gasteiger partial charge in [0.05, 0.1) is 18.3 Å². The van der Waals surface area contributed by atoms with Crippen molar-refractivity contribution in [2.45, 2.75) is 0 Å². The molecule has 3 heteroatoms. The first kappa shape index (κ1) is 22.9. The van der Waals surface area contributed by atoms with Crippen molar-refractivity contribution in [2.75, 3.05) is 6.66 Å². The fourth-order valence-corrected chi connectivity index (χ4v) is 7.49. The van der Waals surface area contributed by atoms with Gasteiger partial charge in [-0.15, -0.1) is 0 Å². The number of nitrogens with zero attached hydrogens (tertiary/aromatic N) is 1. The normalized spacial score (nSPS) is 10.7. The van der Waals surface area contributed by atoms with Crippen LogP contribution in [0.2, 0.25) is 0 Å². The zero-order valence-electron chi connectivity index (χ0n) is 18.4. The van der Waals surface area contributed by atoms with Crippen LogP contribution in [0.5, 0.6) is 0 Å². The number of nitriles is 1. The van der Waals surface area contributed by atoms with Gasteiger partial charge in [-0.1, -0.05) is 82.7 Å². The third kappa shape index (κ3) is 5.23. The van der Waals surface area contributed by atoms with E-state index >= 15 is 0 Å². The molecule has 0 aromatic heterocycles. The lowest BCUT2D eigenvalue weighted by Gasteiger charge is -2.22. The quantitative estimate of drug-likeness (QED) is 0.239. The first-order valence-electron chi connectivity index (χ1n) is 10.7. The van der Waals surface area contributed by atoms with E-state index in [1.807, 2.05) is 36.4 Å². The topological polar surface area (TPSA) is 23.8 Å². The number of hydrogen-bond acceptors (Lipinski definition) is 1. The van der Waals surface area contributed by atoms with Gasteiger partial charge in [-0.05, 0) is 71.4 Å². The molecule has 0 atom stereocenters. The van der Waals surface area contributed by atoms with Gasteiger partial charge in [-0.3, -0.25) is 0 Å². The molecule has 0 saturated heterocycles. The number of halogens is 1. The second kappa shape index (κ2) is 10.6. The van der Waals surface area contributed by atoms with Gasteiger partial charge in [0.2, 0.25) is 0 Å². The van der Waals surface area contributed by atoms with E-state index in [2.05, 4.69) is 120 Å². The van der Waals surface area contributed by atoms with Crippen LogP contribution < -0.4 is 15.9 Å². The van der Waals surface area contributed by atoms with E-state index in [1.54, 1.807) is 0 Å². The molecular formula is C30H24BrNP+. The van der Waals surface area contributed by atoms with E-state index in [4.69, 9.17) is 5.26 Å². The summed E-state index contributed by atoms with van der Waals surface area (Å²) in [5, 5.41) is 15.2. The van der Waals surface area contributed by atoms with Crippen LogP contribution in [0.15, 0.2) is 132 Å². The molecule has 0 aliphatic carbocycles. The maximum atomic E-state index is 8.70. The van der Waals surface area contributed by atoms with Gasteiger partial charge in [-0.25, -0.2) is 0 Å². The van der Waals surface area contributed by atoms with Crippen molar-refractivity contribution in [2.24, 2.45) is 0 Å². The van der Waals surface area contributed by atoms with Crippen LogP contribution in [0.25, 0.3) is 10.8 Å². The number of benzene rings is 5. The molecule has 5 rings (SSSR count). The summed E-state index contributed by atoms with van der Waals surface area (Å²) in [5.74, 6) is 0. The van der Waals surface area contributed by atoms with Crippen molar-refractivity contribution in [3.8, 4) is 6.07 Å². The molecule has 33 heavy (non-hydrogen) atoms. The van der Waals surface area contributed by atoms with Crippen LogP contribution in [-0.4, -0.2) is 6.66 Å². The summed E-state index contributed by atoms with van der Waals surface area (Å²) in [6.07, 6.45) is 0. The van der Waals surface area contributed by atoms with Crippen LogP contribution in [0.4, 0.5) is 0 Å². The lowest BCUT2D eigenvalue weighted by Crippen LogP contribution is -2.30. The SMILES string of the molecule is C[P+](c1ccccc1)(c1ccccc1)c1ccccc1.N#Cc1ccc2ccc(Br)cc2c1. The van der Waals surface area contributed by atoms with Crippen LogP contribution in [0.3, 0.4) is 0 Å². The Bertz CT molecular complexity index is 1280. The fourth-order valence-electron chi connectivity index (χ4n) is 3.91. The Balaban J connectivity index is 0.000000172. The molecule has 0 bridgehead atoms. The molecule has 160 valence electrons. The highest BCUT2D eigenvalue weighted by Crippen LogP contribution is 2.51. The van der Waals surface area contributed by atoms with Gasteiger partial charge in [0.25, 0.3) is 0 Å². The number of rotatable bonds is 3. The van der Waals surface area contributed by atoms with E-state index in [1.165, 1.54) is 15.9 Å². The largest absolute Gasteiger partial charge is 0.192 e. The average molecular weight is 509 g/mol.